The van der Waals surface area contributed by atoms with Crippen molar-refractivity contribution in [3.05, 3.63) is 96.3 Å². The Labute approximate surface area is 161 Å². The van der Waals surface area contributed by atoms with E-state index in [1.54, 1.807) is 30.3 Å². The number of nitrogens with zero attached hydrogens (tertiary/aromatic N) is 4. The number of nitrogens with one attached hydrogen (secondary N) is 1. The lowest BCUT2D eigenvalue weighted by molar-refractivity contribution is 0.102. The molecule has 0 aliphatic carbocycles. The molecular formula is C21H17N5O2. The molecule has 0 unspecified atom stereocenters. The van der Waals surface area contributed by atoms with Crippen molar-refractivity contribution in [3.8, 4) is 11.4 Å². The lowest BCUT2D eigenvalue weighted by atomic mass is 10.1. The minimum atomic E-state index is -0.246. The van der Waals surface area contributed by atoms with Crippen LogP contribution in [0.3, 0.4) is 0 Å². The van der Waals surface area contributed by atoms with Crippen LogP contribution in [0.5, 0.6) is 5.75 Å². The Morgan fingerprint density at radius 3 is 2.43 bits per heavy atom. The third kappa shape index (κ3) is 4.04. The molecule has 1 N–H and O–H groups in total. The summed E-state index contributed by atoms with van der Waals surface area (Å²) in [4.78, 5) is 12.7. The molecule has 0 bridgehead atoms. The van der Waals surface area contributed by atoms with Crippen LogP contribution in [-0.4, -0.2) is 26.1 Å². The zero-order chi connectivity index (χ0) is 19.2. The van der Waals surface area contributed by atoms with Crippen LogP contribution < -0.4 is 10.1 Å². The second-order valence-electron chi connectivity index (χ2n) is 6.02. The molecule has 1 amide bonds. The first-order valence-electron chi connectivity index (χ1n) is 8.70. The third-order valence-electron chi connectivity index (χ3n) is 4.11. The molecule has 4 rings (SSSR count). The summed E-state index contributed by atoms with van der Waals surface area (Å²) in [6.45, 7) is 0.492. The predicted octanol–water partition coefficient (Wildman–Crippen LogP) is 3.49. The van der Waals surface area contributed by atoms with Crippen molar-refractivity contribution in [1.29, 1.82) is 0 Å². The molecule has 7 heteroatoms. The largest absolute Gasteiger partial charge is 0.489 e. The van der Waals surface area contributed by atoms with Gasteiger partial charge in [-0.05, 0) is 52.4 Å². The van der Waals surface area contributed by atoms with E-state index in [-0.39, 0.29) is 5.91 Å². The Morgan fingerprint density at radius 1 is 0.929 bits per heavy atom. The smallest absolute Gasteiger partial charge is 0.257 e. The van der Waals surface area contributed by atoms with Gasteiger partial charge in [-0.1, -0.05) is 42.5 Å². The van der Waals surface area contributed by atoms with E-state index in [2.05, 4.69) is 20.8 Å². The Morgan fingerprint density at radius 2 is 1.68 bits per heavy atom. The number of anilines is 1. The molecule has 138 valence electrons. The van der Waals surface area contributed by atoms with Gasteiger partial charge in [0, 0.05) is 5.69 Å². The van der Waals surface area contributed by atoms with Gasteiger partial charge < -0.3 is 10.1 Å². The summed E-state index contributed by atoms with van der Waals surface area (Å²) in [6, 6.07) is 24.3. The summed E-state index contributed by atoms with van der Waals surface area (Å²) in [5.74, 6) is 0.486. The van der Waals surface area contributed by atoms with Gasteiger partial charge in [0.25, 0.3) is 5.91 Å². The Balaban J connectivity index is 1.43. The molecule has 4 aromatic rings. The highest BCUT2D eigenvalue weighted by Crippen LogP contribution is 2.19. The van der Waals surface area contributed by atoms with Gasteiger partial charge in [-0.15, -0.1) is 5.10 Å². The van der Waals surface area contributed by atoms with Gasteiger partial charge in [0.1, 0.15) is 18.7 Å². The van der Waals surface area contributed by atoms with Crippen LogP contribution in [0.1, 0.15) is 15.9 Å². The maximum Gasteiger partial charge on any atom is 0.257 e. The quantitative estimate of drug-likeness (QED) is 0.561. The topological polar surface area (TPSA) is 81.9 Å². The minimum absolute atomic E-state index is 0.246. The Kier molecular flexibility index (Phi) is 5.06. The van der Waals surface area contributed by atoms with Gasteiger partial charge in [0.05, 0.1) is 11.3 Å². The van der Waals surface area contributed by atoms with Gasteiger partial charge in [0.15, 0.2) is 0 Å². The molecule has 0 aliphatic heterocycles. The number of ether oxygens (including phenoxy) is 1. The highest BCUT2D eigenvalue weighted by molar-refractivity contribution is 6.06. The third-order valence-corrected chi connectivity index (χ3v) is 4.11. The molecular weight excluding hydrogens is 354 g/mol. The summed E-state index contributed by atoms with van der Waals surface area (Å²) < 4.78 is 7.22. The van der Waals surface area contributed by atoms with Crippen LogP contribution in [0.25, 0.3) is 5.69 Å². The molecule has 1 aromatic heterocycles. The number of para-hydroxylation sites is 1. The number of amides is 1. The summed E-state index contributed by atoms with van der Waals surface area (Å²) in [7, 11) is 0. The van der Waals surface area contributed by atoms with E-state index in [4.69, 9.17) is 4.74 Å². The van der Waals surface area contributed by atoms with Crippen LogP contribution in [0.4, 0.5) is 5.69 Å². The maximum absolute atomic E-state index is 12.7. The summed E-state index contributed by atoms with van der Waals surface area (Å²) in [5.41, 5.74) is 2.84. The monoisotopic (exact) mass is 371 g/mol. The molecule has 0 spiro atoms. The number of rotatable bonds is 6. The standard InChI is InChI=1S/C21H17N5O2/c27-21(19-8-4-5-9-20(19)26-15-22-24-25-26)23-17-10-12-18(13-11-17)28-14-16-6-2-1-3-7-16/h1-13,15H,14H2,(H,23,27). The lowest BCUT2D eigenvalue weighted by Gasteiger charge is -2.10. The Hall–Kier alpha value is -4.00. The first kappa shape index (κ1) is 17.4. The minimum Gasteiger partial charge on any atom is -0.489 e. The summed E-state index contributed by atoms with van der Waals surface area (Å²) in [6.07, 6.45) is 1.45. The van der Waals surface area contributed by atoms with Crippen molar-refractivity contribution in [3.63, 3.8) is 0 Å². The normalized spacial score (nSPS) is 10.4. The van der Waals surface area contributed by atoms with Crippen molar-refractivity contribution < 1.29 is 9.53 Å². The molecule has 28 heavy (non-hydrogen) atoms. The van der Waals surface area contributed by atoms with E-state index >= 15 is 0 Å². The highest BCUT2D eigenvalue weighted by atomic mass is 16.5. The molecule has 0 radical (unpaired) electrons. The first-order chi connectivity index (χ1) is 13.8. The average molecular weight is 371 g/mol. The molecule has 1 heterocycles. The SMILES string of the molecule is O=C(Nc1ccc(OCc2ccccc2)cc1)c1ccccc1-n1cnnn1. The number of hydrogen-bond donors (Lipinski definition) is 1. The molecule has 7 nitrogen and oxygen atoms in total. The molecule has 0 saturated carbocycles. The second-order valence-corrected chi connectivity index (χ2v) is 6.02. The van der Waals surface area contributed by atoms with Crippen LogP contribution in [0.2, 0.25) is 0 Å². The molecule has 0 saturated heterocycles. The average Bonchev–Trinajstić information content (AvgIpc) is 3.29. The number of carbonyl (C=O) groups is 1. The second kappa shape index (κ2) is 8.13. The van der Waals surface area contributed by atoms with Gasteiger partial charge in [0.2, 0.25) is 0 Å². The molecule has 0 aliphatic rings. The van der Waals surface area contributed by atoms with Crippen LogP contribution in [0.15, 0.2) is 85.2 Å². The van der Waals surface area contributed by atoms with E-state index in [1.165, 1.54) is 11.0 Å². The fourth-order valence-electron chi connectivity index (χ4n) is 2.71. The zero-order valence-electron chi connectivity index (χ0n) is 14.9. The fraction of sp³-hybridized carbons (Fsp3) is 0.0476. The first-order valence-corrected chi connectivity index (χ1v) is 8.70. The Bertz CT molecular complexity index is 1050. The molecule has 0 atom stereocenters. The van der Waals surface area contributed by atoms with Crippen molar-refractivity contribution in [2.24, 2.45) is 0 Å². The van der Waals surface area contributed by atoms with Crippen molar-refractivity contribution in [2.75, 3.05) is 5.32 Å². The fourth-order valence-corrected chi connectivity index (χ4v) is 2.71. The number of benzene rings is 3. The van der Waals surface area contributed by atoms with Gasteiger partial charge in [-0.3, -0.25) is 4.79 Å². The summed E-state index contributed by atoms with van der Waals surface area (Å²) >= 11 is 0. The zero-order valence-corrected chi connectivity index (χ0v) is 14.9. The van der Waals surface area contributed by atoms with Gasteiger partial charge in [-0.2, -0.15) is 4.68 Å². The van der Waals surface area contributed by atoms with Gasteiger partial charge >= 0.3 is 0 Å². The van der Waals surface area contributed by atoms with E-state index in [1.807, 2.05) is 48.5 Å². The highest BCUT2D eigenvalue weighted by Gasteiger charge is 2.13. The number of aromatic nitrogens is 4. The molecule has 3 aromatic carbocycles. The van der Waals surface area contributed by atoms with Crippen molar-refractivity contribution in [1.82, 2.24) is 20.2 Å². The lowest BCUT2D eigenvalue weighted by Crippen LogP contribution is -2.15. The van der Waals surface area contributed by atoms with E-state index in [0.29, 0.717) is 23.5 Å². The number of hydrogen-bond acceptors (Lipinski definition) is 5. The van der Waals surface area contributed by atoms with Crippen molar-refractivity contribution >= 4 is 11.6 Å². The number of tetrazole rings is 1. The summed E-state index contributed by atoms with van der Waals surface area (Å²) in [5, 5.41) is 14.0. The van der Waals surface area contributed by atoms with Crippen LogP contribution in [0, 0.1) is 0 Å². The van der Waals surface area contributed by atoms with Crippen molar-refractivity contribution in [2.45, 2.75) is 6.61 Å². The number of carbonyl (C=O) groups excluding carboxylic acids is 1. The van der Waals surface area contributed by atoms with E-state index in [9.17, 15) is 4.79 Å². The van der Waals surface area contributed by atoms with Gasteiger partial charge in [-0.25, -0.2) is 0 Å². The van der Waals surface area contributed by atoms with Crippen LogP contribution >= 0.6 is 0 Å². The predicted molar refractivity (Wildman–Crippen MR) is 104 cm³/mol. The maximum atomic E-state index is 12.7. The van der Waals surface area contributed by atoms with E-state index in [0.717, 1.165) is 11.3 Å². The molecule has 0 fully saturated rings. The van der Waals surface area contributed by atoms with E-state index < -0.39 is 0 Å². The van der Waals surface area contributed by atoms with Crippen LogP contribution in [-0.2, 0) is 6.61 Å².